The van der Waals surface area contributed by atoms with Gasteiger partial charge in [0.2, 0.25) is 5.91 Å². The molecule has 0 aliphatic carbocycles. The number of methoxy groups -OCH3 is 1. The molecule has 30 heavy (non-hydrogen) atoms. The number of rotatable bonds is 6. The van der Waals surface area contributed by atoms with Crippen LogP contribution in [0.15, 0.2) is 18.2 Å². The standard InChI is InChI=1S/C22H31Cl2N3O3/c1-29-11-10-26-8-9-27(21(28)13-16-4-5-17(23)18(24)12-16)22-19(14-30-15-20(22)26)25-6-2-3-7-25/h4-5,12,19-20,22H,2-3,6-11,13-15H2,1H3/t19-,20+,22+/m0/s1. The second kappa shape index (κ2) is 10.2. The Morgan fingerprint density at radius 2 is 1.87 bits per heavy atom. The SMILES string of the molecule is COCCN1CCN(C(=O)Cc2ccc(Cl)c(Cl)c2)[C@H]2[C@H]1COC[C@@H]2N1CCCC1. The minimum absolute atomic E-state index is 0.137. The Bertz CT molecular complexity index is 744. The van der Waals surface area contributed by atoms with Crippen molar-refractivity contribution in [1.82, 2.24) is 14.7 Å². The van der Waals surface area contributed by atoms with Gasteiger partial charge in [-0.25, -0.2) is 0 Å². The lowest BCUT2D eigenvalue weighted by Gasteiger charge is -2.54. The summed E-state index contributed by atoms with van der Waals surface area (Å²) in [5.41, 5.74) is 0.901. The Labute approximate surface area is 189 Å². The van der Waals surface area contributed by atoms with Crippen molar-refractivity contribution in [3.05, 3.63) is 33.8 Å². The van der Waals surface area contributed by atoms with Gasteiger partial charge in [0.25, 0.3) is 0 Å². The molecule has 3 atom stereocenters. The molecule has 0 saturated carbocycles. The molecule has 4 rings (SSSR count). The minimum Gasteiger partial charge on any atom is -0.383 e. The van der Waals surface area contributed by atoms with Gasteiger partial charge in [0.15, 0.2) is 0 Å². The molecule has 1 aromatic carbocycles. The van der Waals surface area contributed by atoms with E-state index in [4.69, 9.17) is 32.7 Å². The van der Waals surface area contributed by atoms with Gasteiger partial charge >= 0.3 is 0 Å². The van der Waals surface area contributed by atoms with Crippen LogP contribution in [0.2, 0.25) is 10.0 Å². The minimum atomic E-state index is 0.137. The van der Waals surface area contributed by atoms with Gasteiger partial charge in [-0.15, -0.1) is 0 Å². The molecule has 3 aliphatic rings. The summed E-state index contributed by atoms with van der Waals surface area (Å²) < 4.78 is 11.4. The fraction of sp³-hybridized carbons (Fsp3) is 0.682. The van der Waals surface area contributed by atoms with Crippen molar-refractivity contribution in [3.8, 4) is 0 Å². The first kappa shape index (κ1) is 22.3. The quantitative estimate of drug-likeness (QED) is 0.659. The highest BCUT2D eigenvalue weighted by atomic mass is 35.5. The lowest BCUT2D eigenvalue weighted by atomic mass is 9.91. The molecule has 3 fully saturated rings. The number of likely N-dealkylation sites (tertiary alicyclic amines) is 1. The van der Waals surface area contributed by atoms with Gasteiger partial charge in [-0.05, 0) is 43.6 Å². The van der Waals surface area contributed by atoms with E-state index in [1.54, 1.807) is 19.2 Å². The van der Waals surface area contributed by atoms with Crippen LogP contribution in [0.25, 0.3) is 0 Å². The maximum Gasteiger partial charge on any atom is 0.227 e. The van der Waals surface area contributed by atoms with E-state index in [-0.39, 0.29) is 24.0 Å². The van der Waals surface area contributed by atoms with Crippen LogP contribution >= 0.6 is 23.2 Å². The molecule has 0 radical (unpaired) electrons. The third kappa shape index (κ3) is 4.79. The Morgan fingerprint density at radius 1 is 1.10 bits per heavy atom. The molecule has 0 bridgehead atoms. The number of hydrogen-bond donors (Lipinski definition) is 0. The van der Waals surface area contributed by atoms with Crippen LogP contribution in [0.1, 0.15) is 18.4 Å². The lowest BCUT2D eigenvalue weighted by molar-refractivity contribution is -0.153. The first-order chi connectivity index (χ1) is 14.6. The predicted molar refractivity (Wildman–Crippen MR) is 118 cm³/mol. The van der Waals surface area contributed by atoms with Gasteiger partial charge in [-0.1, -0.05) is 29.3 Å². The van der Waals surface area contributed by atoms with E-state index in [2.05, 4.69) is 14.7 Å². The number of fused-ring (bicyclic) bond motifs is 1. The number of benzene rings is 1. The number of piperazine rings is 1. The first-order valence-corrected chi connectivity index (χ1v) is 11.6. The first-order valence-electron chi connectivity index (χ1n) is 10.9. The second-order valence-electron chi connectivity index (χ2n) is 8.45. The summed E-state index contributed by atoms with van der Waals surface area (Å²) in [5.74, 6) is 0.154. The fourth-order valence-electron chi connectivity index (χ4n) is 5.15. The van der Waals surface area contributed by atoms with Crippen molar-refractivity contribution in [2.75, 3.05) is 59.7 Å². The molecule has 3 aliphatic heterocycles. The lowest BCUT2D eigenvalue weighted by Crippen LogP contribution is -2.71. The summed E-state index contributed by atoms with van der Waals surface area (Å²) >= 11 is 12.2. The molecular formula is C22H31Cl2N3O3. The van der Waals surface area contributed by atoms with E-state index in [9.17, 15) is 4.79 Å². The zero-order valence-corrected chi connectivity index (χ0v) is 19.1. The molecular weight excluding hydrogens is 425 g/mol. The highest BCUT2D eigenvalue weighted by Gasteiger charge is 2.47. The molecule has 166 valence electrons. The molecule has 3 heterocycles. The summed E-state index contributed by atoms with van der Waals surface area (Å²) in [6.07, 6.45) is 2.78. The molecule has 0 spiro atoms. The topological polar surface area (TPSA) is 45.3 Å². The Hall–Kier alpha value is -0.890. The van der Waals surface area contributed by atoms with Crippen LogP contribution in [0.3, 0.4) is 0 Å². The van der Waals surface area contributed by atoms with Crippen molar-refractivity contribution in [3.63, 3.8) is 0 Å². The molecule has 8 heteroatoms. The van der Waals surface area contributed by atoms with Gasteiger partial charge in [0.1, 0.15) is 0 Å². The van der Waals surface area contributed by atoms with Gasteiger partial charge in [0, 0.05) is 26.7 Å². The van der Waals surface area contributed by atoms with Gasteiger partial charge in [0.05, 0.1) is 54.4 Å². The van der Waals surface area contributed by atoms with E-state index >= 15 is 0 Å². The summed E-state index contributed by atoms with van der Waals surface area (Å²) in [6.45, 7) is 6.65. The number of carbonyl (C=O) groups excluding carboxylic acids is 1. The number of ether oxygens (including phenoxy) is 2. The monoisotopic (exact) mass is 455 g/mol. The van der Waals surface area contributed by atoms with Crippen LogP contribution in [0.4, 0.5) is 0 Å². The molecule has 0 aromatic heterocycles. The average molecular weight is 456 g/mol. The van der Waals surface area contributed by atoms with Crippen LogP contribution in [-0.2, 0) is 20.7 Å². The molecule has 0 N–H and O–H groups in total. The van der Waals surface area contributed by atoms with Gasteiger partial charge < -0.3 is 14.4 Å². The fourth-order valence-corrected chi connectivity index (χ4v) is 5.47. The van der Waals surface area contributed by atoms with Crippen molar-refractivity contribution < 1.29 is 14.3 Å². The molecule has 3 saturated heterocycles. The summed E-state index contributed by atoms with van der Waals surface area (Å²) in [7, 11) is 1.74. The van der Waals surface area contributed by atoms with Crippen molar-refractivity contribution in [2.45, 2.75) is 37.4 Å². The average Bonchev–Trinajstić information content (AvgIpc) is 3.29. The van der Waals surface area contributed by atoms with Crippen LogP contribution in [0, 0.1) is 0 Å². The molecule has 1 aromatic rings. The maximum absolute atomic E-state index is 13.4. The Morgan fingerprint density at radius 3 is 2.60 bits per heavy atom. The highest BCUT2D eigenvalue weighted by Crippen LogP contribution is 2.30. The number of nitrogens with zero attached hydrogens (tertiary/aromatic N) is 3. The largest absolute Gasteiger partial charge is 0.383 e. The van der Waals surface area contributed by atoms with Crippen LogP contribution in [0.5, 0.6) is 0 Å². The third-order valence-electron chi connectivity index (χ3n) is 6.67. The van der Waals surface area contributed by atoms with Crippen LogP contribution < -0.4 is 0 Å². The van der Waals surface area contributed by atoms with E-state index in [1.165, 1.54) is 12.8 Å². The summed E-state index contributed by atoms with van der Waals surface area (Å²) in [5, 5.41) is 1.00. The Kier molecular flexibility index (Phi) is 7.55. The highest BCUT2D eigenvalue weighted by molar-refractivity contribution is 6.42. The van der Waals surface area contributed by atoms with E-state index in [0.717, 1.165) is 38.3 Å². The molecule has 0 unspecified atom stereocenters. The van der Waals surface area contributed by atoms with Crippen molar-refractivity contribution in [1.29, 1.82) is 0 Å². The molecule has 6 nitrogen and oxygen atoms in total. The second-order valence-corrected chi connectivity index (χ2v) is 9.26. The number of amides is 1. The number of hydrogen-bond acceptors (Lipinski definition) is 5. The Balaban J connectivity index is 1.55. The summed E-state index contributed by atoms with van der Waals surface area (Å²) in [6, 6.07) is 6.04. The zero-order chi connectivity index (χ0) is 21.1. The molecule has 1 amide bonds. The maximum atomic E-state index is 13.4. The van der Waals surface area contributed by atoms with E-state index < -0.39 is 0 Å². The van der Waals surface area contributed by atoms with Crippen molar-refractivity contribution >= 4 is 29.1 Å². The number of halogens is 2. The van der Waals surface area contributed by atoms with Gasteiger partial charge in [-0.2, -0.15) is 0 Å². The van der Waals surface area contributed by atoms with Crippen molar-refractivity contribution in [2.24, 2.45) is 0 Å². The smallest absolute Gasteiger partial charge is 0.227 e. The normalized spacial score (nSPS) is 28.0. The predicted octanol–water partition coefficient (Wildman–Crippen LogP) is 2.56. The van der Waals surface area contributed by atoms with Crippen LogP contribution in [-0.4, -0.2) is 98.4 Å². The van der Waals surface area contributed by atoms with E-state index in [1.807, 2.05) is 6.07 Å². The number of carbonyl (C=O) groups is 1. The summed E-state index contributed by atoms with van der Waals surface area (Å²) in [4.78, 5) is 20.5. The zero-order valence-electron chi connectivity index (χ0n) is 17.6. The third-order valence-corrected chi connectivity index (χ3v) is 7.41. The van der Waals surface area contributed by atoms with E-state index in [0.29, 0.717) is 36.3 Å². The van der Waals surface area contributed by atoms with Gasteiger partial charge in [-0.3, -0.25) is 14.6 Å².